The number of aryl methyl sites for hydroxylation is 1. The van der Waals surface area contributed by atoms with Crippen LogP contribution in [-0.4, -0.2) is 16.6 Å². The van der Waals surface area contributed by atoms with Crippen LogP contribution in [0.15, 0.2) is 10.6 Å². The maximum atomic E-state index is 11.6. The van der Waals surface area contributed by atoms with E-state index in [1.165, 1.54) is 0 Å². The van der Waals surface area contributed by atoms with Crippen LogP contribution in [0.4, 0.5) is 0 Å². The van der Waals surface area contributed by atoms with Crippen molar-refractivity contribution in [1.82, 2.24) is 10.5 Å². The van der Waals surface area contributed by atoms with Gasteiger partial charge in [0, 0.05) is 6.07 Å². The fourth-order valence-corrected chi connectivity index (χ4v) is 1.03. The fraction of sp³-hybridized carbons (Fsp3) is 0.600. The normalized spacial score (nSPS) is 14.7. The molecule has 0 aromatic carbocycles. The first-order chi connectivity index (χ1) is 6.95. The van der Waals surface area contributed by atoms with E-state index in [0.717, 1.165) is 5.69 Å². The van der Waals surface area contributed by atoms with Gasteiger partial charge in [-0.25, -0.2) is 0 Å². The van der Waals surface area contributed by atoms with Gasteiger partial charge in [-0.1, -0.05) is 12.1 Å². The molecule has 5 heteroatoms. The van der Waals surface area contributed by atoms with Gasteiger partial charge < -0.3 is 15.6 Å². The van der Waals surface area contributed by atoms with Crippen LogP contribution >= 0.6 is 0 Å². The zero-order valence-electron chi connectivity index (χ0n) is 9.33. The smallest absolute Gasteiger partial charge is 0.240 e. The molecule has 0 saturated heterocycles. The molecule has 0 bridgehead atoms. The standard InChI is InChI=1S/C10H17N3O2/c1-4-10(3,11)9(14)12-6-8-5-7(2)13-15-8/h5H,4,6,11H2,1-3H3,(H,12,14). The van der Waals surface area contributed by atoms with Gasteiger partial charge in [0.25, 0.3) is 0 Å². The molecule has 1 heterocycles. The van der Waals surface area contributed by atoms with Gasteiger partial charge in [0.2, 0.25) is 5.91 Å². The molecular formula is C10H17N3O2. The topological polar surface area (TPSA) is 81.2 Å². The number of amides is 1. The van der Waals surface area contributed by atoms with Crippen molar-refractivity contribution >= 4 is 5.91 Å². The Bertz CT molecular complexity index is 344. The molecular weight excluding hydrogens is 194 g/mol. The van der Waals surface area contributed by atoms with Crippen LogP contribution in [0.3, 0.4) is 0 Å². The average Bonchev–Trinajstić information content (AvgIpc) is 2.60. The molecule has 0 radical (unpaired) electrons. The van der Waals surface area contributed by atoms with E-state index >= 15 is 0 Å². The quantitative estimate of drug-likeness (QED) is 0.769. The van der Waals surface area contributed by atoms with Gasteiger partial charge in [-0.05, 0) is 20.3 Å². The van der Waals surface area contributed by atoms with Crippen LogP contribution in [-0.2, 0) is 11.3 Å². The Kier molecular flexibility index (Phi) is 3.47. The fourth-order valence-electron chi connectivity index (χ4n) is 1.03. The van der Waals surface area contributed by atoms with Crippen molar-refractivity contribution < 1.29 is 9.32 Å². The van der Waals surface area contributed by atoms with Crippen molar-refractivity contribution in [3.8, 4) is 0 Å². The van der Waals surface area contributed by atoms with Gasteiger partial charge >= 0.3 is 0 Å². The molecule has 0 aliphatic rings. The summed E-state index contributed by atoms with van der Waals surface area (Å²) in [5.41, 5.74) is 5.74. The summed E-state index contributed by atoms with van der Waals surface area (Å²) in [6.07, 6.45) is 0.592. The van der Waals surface area contributed by atoms with Crippen LogP contribution in [0, 0.1) is 6.92 Å². The third kappa shape index (κ3) is 3.06. The number of carbonyl (C=O) groups is 1. The third-order valence-electron chi connectivity index (χ3n) is 2.35. The second kappa shape index (κ2) is 4.44. The molecule has 0 aliphatic carbocycles. The lowest BCUT2D eigenvalue weighted by atomic mass is 10.00. The SMILES string of the molecule is CCC(C)(N)C(=O)NCc1cc(C)no1. The minimum atomic E-state index is -0.824. The lowest BCUT2D eigenvalue weighted by Crippen LogP contribution is -2.50. The predicted octanol–water partition coefficient (Wildman–Crippen LogP) is 0.727. The van der Waals surface area contributed by atoms with Crippen LogP contribution in [0.2, 0.25) is 0 Å². The summed E-state index contributed by atoms with van der Waals surface area (Å²) < 4.78 is 4.96. The van der Waals surface area contributed by atoms with E-state index in [-0.39, 0.29) is 5.91 Å². The highest BCUT2D eigenvalue weighted by atomic mass is 16.5. The Morgan fingerprint density at radius 2 is 2.40 bits per heavy atom. The Labute approximate surface area is 89.0 Å². The molecule has 15 heavy (non-hydrogen) atoms. The van der Waals surface area contributed by atoms with E-state index in [1.54, 1.807) is 13.0 Å². The molecule has 0 fully saturated rings. The minimum Gasteiger partial charge on any atom is -0.359 e. The zero-order chi connectivity index (χ0) is 11.5. The molecule has 1 amide bonds. The summed E-state index contributed by atoms with van der Waals surface area (Å²) in [6, 6.07) is 1.78. The lowest BCUT2D eigenvalue weighted by Gasteiger charge is -2.20. The molecule has 1 aromatic heterocycles. The number of hydrogen-bond donors (Lipinski definition) is 2. The first kappa shape index (κ1) is 11.7. The maximum Gasteiger partial charge on any atom is 0.240 e. The zero-order valence-corrected chi connectivity index (χ0v) is 9.33. The summed E-state index contributed by atoms with van der Waals surface area (Å²) in [5, 5.41) is 6.43. The monoisotopic (exact) mass is 211 g/mol. The van der Waals surface area contributed by atoms with Crippen molar-refractivity contribution in [1.29, 1.82) is 0 Å². The Balaban J connectivity index is 2.47. The Morgan fingerprint density at radius 3 is 2.87 bits per heavy atom. The molecule has 0 spiro atoms. The molecule has 5 nitrogen and oxygen atoms in total. The molecule has 0 saturated carbocycles. The van der Waals surface area contributed by atoms with Crippen molar-refractivity contribution in [3.63, 3.8) is 0 Å². The highest BCUT2D eigenvalue weighted by Gasteiger charge is 2.25. The largest absolute Gasteiger partial charge is 0.359 e. The van der Waals surface area contributed by atoms with Gasteiger partial charge in [-0.15, -0.1) is 0 Å². The van der Waals surface area contributed by atoms with E-state index in [0.29, 0.717) is 18.7 Å². The van der Waals surface area contributed by atoms with Crippen LogP contribution < -0.4 is 11.1 Å². The maximum absolute atomic E-state index is 11.6. The molecule has 0 aliphatic heterocycles. The highest BCUT2D eigenvalue weighted by Crippen LogP contribution is 2.06. The van der Waals surface area contributed by atoms with Gasteiger partial charge in [-0.3, -0.25) is 4.79 Å². The summed E-state index contributed by atoms with van der Waals surface area (Å²) in [5.74, 6) is 0.451. The van der Waals surface area contributed by atoms with Gasteiger partial charge in [0.15, 0.2) is 5.76 Å². The molecule has 84 valence electrons. The van der Waals surface area contributed by atoms with E-state index in [2.05, 4.69) is 10.5 Å². The van der Waals surface area contributed by atoms with E-state index in [9.17, 15) is 4.79 Å². The Hall–Kier alpha value is -1.36. The number of aromatic nitrogens is 1. The van der Waals surface area contributed by atoms with E-state index < -0.39 is 5.54 Å². The third-order valence-corrected chi connectivity index (χ3v) is 2.35. The molecule has 1 unspecified atom stereocenters. The van der Waals surface area contributed by atoms with Crippen LogP contribution in [0.5, 0.6) is 0 Å². The van der Waals surface area contributed by atoms with Crippen LogP contribution in [0.1, 0.15) is 31.7 Å². The number of rotatable bonds is 4. The van der Waals surface area contributed by atoms with Gasteiger partial charge in [0.05, 0.1) is 17.8 Å². The van der Waals surface area contributed by atoms with Crippen molar-refractivity contribution in [3.05, 3.63) is 17.5 Å². The summed E-state index contributed by atoms with van der Waals surface area (Å²) >= 11 is 0. The van der Waals surface area contributed by atoms with Gasteiger partial charge in [0.1, 0.15) is 0 Å². The number of hydrogen-bond acceptors (Lipinski definition) is 4. The summed E-state index contributed by atoms with van der Waals surface area (Å²) in [4.78, 5) is 11.6. The Morgan fingerprint density at radius 1 is 1.73 bits per heavy atom. The lowest BCUT2D eigenvalue weighted by molar-refractivity contribution is -0.126. The second-order valence-electron chi connectivity index (χ2n) is 3.89. The van der Waals surface area contributed by atoms with Crippen molar-refractivity contribution in [2.24, 2.45) is 5.73 Å². The van der Waals surface area contributed by atoms with E-state index in [4.69, 9.17) is 10.3 Å². The van der Waals surface area contributed by atoms with Crippen LogP contribution in [0.25, 0.3) is 0 Å². The minimum absolute atomic E-state index is 0.181. The summed E-state index contributed by atoms with van der Waals surface area (Å²) in [7, 11) is 0. The number of nitrogens with one attached hydrogen (secondary N) is 1. The number of nitrogens with zero attached hydrogens (tertiary/aromatic N) is 1. The molecule has 1 atom stereocenters. The number of nitrogens with two attached hydrogens (primary N) is 1. The average molecular weight is 211 g/mol. The molecule has 3 N–H and O–H groups in total. The first-order valence-electron chi connectivity index (χ1n) is 4.95. The van der Waals surface area contributed by atoms with E-state index in [1.807, 2.05) is 13.8 Å². The first-order valence-corrected chi connectivity index (χ1v) is 4.95. The molecule has 1 aromatic rings. The number of carbonyl (C=O) groups excluding carboxylic acids is 1. The highest BCUT2D eigenvalue weighted by molar-refractivity contribution is 5.85. The summed E-state index contributed by atoms with van der Waals surface area (Å²) in [6.45, 7) is 5.73. The molecule has 1 rings (SSSR count). The van der Waals surface area contributed by atoms with Gasteiger partial charge in [-0.2, -0.15) is 0 Å². The second-order valence-corrected chi connectivity index (χ2v) is 3.89. The van der Waals surface area contributed by atoms with Crippen molar-refractivity contribution in [2.75, 3.05) is 0 Å². The predicted molar refractivity (Wildman–Crippen MR) is 56.0 cm³/mol. The van der Waals surface area contributed by atoms with Crippen molar-refractivity contribution in [2.45, 2.75) is 39.3 Å².